The van der Waals surface area contributed by atoms with E-state index in [9.17, 15) is 4.79 Å². The highest BCUT2D eigenvalue weighted by atomic mass is 16.5. The molecule has 156 valence electrons. The Labute approximate surface area is 178 Å². The maximum Gasteiger partial charge on any atom is 0.338 e. The van der Waals surface area contributed by atoms with Gasteiger partial charge < -0.3 is 19.2 Å². The predicted molar refractivity (Wildman–Crippen MR) is 116 cm³/mol. The molecule has 1 N–H and O–H groups in total. The predicted octanol–water partition coefficient (Wildman–Crippen LogP) is 4.67. The van der Waals surface area contributed by atoms with Gasteiger partial charge in [-0.15, -0.1) is 0 Å². The number of furan rings is 1. The highest BCUT2D eigenvalue weighted by Crippen LogP contribution is 2.39. The minimum atomic E-state index is -0.484. The number of fused-ring (bicyclic) bond motifs is 3. The van der Waals surface area contributed by atoms with Gasteiger partial charge >= 0.3 is 5.97 Å². The second-order valence-electron chi connectivity index (χ2n) is 7.30. The highest BCUT2D eigenvalue weighted by molar-refractivity contribution is 5.93. The lowest BCUT2D eigenvalue weighted by Gasteiger charge is -2.28. The summed E-state index contributed by atoms with van der Waals surface area (Å²) in [5.74, 6) is 1.64. The average Bonchev–Trinajstić information content (AvgIpc) is 3.44. The molecule has 0 fully saturated rings. The van der Waals surface area contributed by atoms with Crippen molar-refractivity contribution in [1.82, 2.24) is 9.55 Å². The summed E-state index contributed by atoms with van der Waals surface area (Å²) in [5.41, 5.74) is 3.78. The number of ether oxygens (including phenoxy) is 2. The fourth-order valence-corrected chi connectivity index (χ4v) is 3.89. The second-order valence-corrected chi connectivity index (χ2v) is 7.30. The molecule has 31 heavy (non-hydrogen) atoms. The van der Waals surface area contributed by atoms with Crippen molar-refractivity contribution in [2.45, 2.75) is 19.6 Å². The van der Waals surface area contributed by atoms with E-state index in [1.54, 1.807) is 13.4 Å². The molecular formula is C24H21N3O4. The SMILES string of the molecule is COc1ccc(COC(=O)C2=C(C)Nc3nc4ccccc4n3C2c2ccco2)cc1. The minimum Gasteiger partial charge on any atom is -0.497 e. The number of carbonyl (C=O) groups excluding carboxylic acids is 1. The van der Waals surface area contributed by atoms with E-state index in [1.807, 2.05) is 72.2 Å². The van der Waals surface area contributed by atoms with Gasteiger partial charge in [0.15, 0.2) is 0 Å². The van der Waals surface area contributed by atoms with Gasteiger partial charge in [-0.1, -0.05) is 24.3 Å². The van der Waals surface area contributed by atoms with Crippen LogP contribution in [0, 0.1) is 0 Å². The number of methoxy groups -OCH3 is 1. The minimum absolute atomic E-state index is 0.155. The van der Waals surface area contributed by atoms with E-state index in [-0.39, 0.29) is 6.61 Å². The van der Waals surface area contributed by atoms with Gasteiger partial charge in [0.05, 0.1) is 30.0 Å². The van der Waals surface area contributed by atoms with Crippen molar-refractivity contribution < 1.29 is 18.7 Å². The van der Waals surface area contributed by atoms with Gasteiger partial charge in [0.25, 0.3) is 0 Å². The van der Waals surface area contributed by atoms with Crippen molar-refractivity contribution in [2.75, 3.05) is 12.4 Å². The molecule has 1 atom stereocenters. The van der Waals surface area contributed by atoms with Gasteiger partial charge in [-0.3, -0.25) is 4.57 Å². The first kappa shape index (κ1) is 19.0. The lowest BCUT2D eigenvalue weighted by Crippen LogP contribution is -2.28. The van der Waals surface area contributed by atoms with E-state index in [2.05, 4.69) is 10.3 Å². The van der Waals surface area contributed by atoms with Crippen LogP contribution in [0.2, 0.25) is 0 Å². The lowest BCUT2D eigenvalue weighted by molar-refractivity contribution is -0.140. The Hall–Kier alpha value is -4.00. The zero-order valence-corrected chi connectivity index (χ0v) is 17.2. The number of allylic oxidation sites excluding steroid dienone is 1. The first-order valence-electron chi connectivity index (χ1n) is 9.94. The van der Waals surface area contributed by atoms with E-state index >= 15 is 0 Å². The quantitative estimate of drug-likeness (QED) is 0.477. The monoisotopic (exact) mass is 415 g/mol. The number of anilines is 1. The largest absolute Gasteiger partial charge is 0.497 e. The molecule has 0 aliphatic carbocycles. The summed E-state index contributed by atoms with van der Waals surface area (Å²) in [6, 6.07) is 18.4. The van der Waals surface area contributed by atoms with Crippen molar-refractivity contribution in [1.29, 1.82) is 0 Å². The number of para-hydroxylation sites is 2. The third kappa shape index (κ3) is 3.34. The van der Waals surface area contributed by atoms with Crippen molar-refractivity contribution >= 4 is 23.0 Å². The number of hydrogen-bond acceptors (Lipinski definition) is 6. The summed E-state index contributed by atoms with van der Waals surface area (Å²) in [6.45, 7) is 2.00. The molecule has 0 bridgehead atoms. The van der Waals surface area contributed by atoms with E-state index in [4.69, 9.17) is 13.9 Å². The van der Waals surface area contributed by atoms with Crippen molar-refractivity contribution in [3.05, 3.63) is 89.5 Å². The molecule has 1 aliphatic heterocycles. The van der Waals surface area contributed by atoms with Crippen LogP contribution in [0.5, 0.6) is 5.75 Å². The van der Waals surface area contributed by atoms with Gasteiger partial charge in [-0.05, 0) is 48.9 Å². The van der Waals surface area contributed by atoms with Gasteiger partial charge in [0, 0.05) is 5.70 Å². The molecule has 1 unspecified atom stereocenters. The fraction of sp³-hybridized carbons (Fsp3) is 0.167. The van der Waals surface area contributed by atoms with Crippen molar-refractivity contribution in [3.63, 3.8) is 0 Å². The number of aromatic nitrogens is 2. The Balaban J connectivity index is 1.50. The molecule has 2 aromatic carbocycles. The molecule has 0 saturated heterocycles. The summed E-state index contributed by atoms with van der Waals surface area (Å²) in [6.07, 6.45) is 1.60. The summed E-state index contributed by atoms with van der Waals surface area (Å²) < 4.78 is 18.6. The third-order valence-electron chi connectivity index (χ3n) is 5.39. The molecule has 7 nitrogen and oxygen atoms in total. The molecular weight excluding hydrogens is 394 g/mol. The Morgan fingerprint density at radius 3 is 2.68 bits per heavy atom. The summed E-state index contributed by atoms with van der Waals surface area (Å²) in [7, 11) is 1.61. The smallest absolute Gasteiger partial charge is 0.338 e. The third-order valence-corrected chi connectivity index (χ3v) is 5.39. The molecule has 0 amide bonds. The molecule has 0 radical (unpaired) electrons. The van der Waals surface area contributed by atoms with Crippen molar-refractivity contribution in [3.8, 4) is 5.75 Å². The second kappa shape index (κ2) is 7.68. The van der Waals surface area contributed by atoms with Crippen LogP contribution in [-0.2, 0) is 16.1 Å². The van der Waals surface area contributed by atoms with Crippen LogP contribution in [0.25, 0.3) is 11.0 Å². The maximum absolute atomic E-state index is 13.3. The van der Waals surface area contributed by atoms with Crippen molar-refractivity contribution in [2.24, 2.45) is 0 Å². The van der Waals surface area contributed by atoms with Crippen LogP contribution in [0.3, 0.4) is 0 Å². The van der Waals surface area contributed by atoms with E-state index < -0.39 is 12.0 Å². The van der Waals surface area contributed by atoms with Crippen LogP contribution in [-0.4, -0.2) is 22.6 Å². The Kier molecular flexibility index (Phi) is 4.71. The molecule has 0 spiro atoms. The van der Waals surface area contributed by atoms with Crippen LogP contribution in [0.4, 0.5) is 5.95 Å². The lowest BCUT2D eigenvalue weighted by atomic mass is 10.00. The number of hydrogen-bond donors (Lipinski definition) is 1. The first-order chi connectivity index (χ1) is 15.2. The molecule has 1 aliphatic rings. The molecule has 2 aromatic heterocycles. The summed E-state index contributed by atoms with van der Waals surface area (Å²) in [5, 5.41) is 3.26. The standard InChI is InChI=1S/C24H21N3O4/c1-15-21(23(28)31-14-16-9-11-17(29-2)12-10-16)22(20-8-5-13-30-20)27-19-7-4-3-6-18(19)26-24(27)25-15/h3-13,22H,14H2,1-2H3,(H,25,26). The number of nitrogens with zero attached hydrogens (tertiary/aromatic N) is 2. The van der Waals surface area contributed by atoms with Crippen LogP contribution >= 0.6 is 0 Å². The van der Waals surface area contributed by atoms with Crippen LogP contribution < -0.4 is 10.1 Å². The Bertz CT molecular complexity index is 1270. The van der Waals surface area contributed by atoms with Gasteiger partial charge in [0.2, 0.25) is 5.95 Å². The molecule has 5 rings (SSSR count). The average molecular weight is 415 g/mol. The number of imidazole rings is 1. The number of benzene rings is 2. The topological polar surface area (TPSA) is 78.5 Å². The zero-order chi connectivity index (χ0) is 21.4. The Morgan fingerprint density at radius 2 is 1.94 bits per heavy atom. The van der Waals surface area contributed by atoms with Gasteiger partial charge in [-0.2, -0.15) is 0 Å². The van der Waals surface area contributed by atoms with E-state index in [0.717, 1.165) is 22.3 Å². The molecule has 0 saturated carbocycles. The Morgan fingerprint density at radius 1 is 1.13 bits per heavy atom. The van der Waals surface area contributed by atoms with Gasteiger partial charge in [0.1, 0.15) is 24.2 Å². The summed E-state index contributed by atoms with van der Waals surface area (Å²) in [4.78, 5) is 17.9. The molecule has 4 aromatic rings. The number of rotatable bonds is 5. The maximum atomic E-state index is 13.3. The van der Waals surface area contributed by atoms with Crippen LogP contribution in [0.15, 0.2) is 82.6 Å². The van der Waals surface area contributed by atoms with Gasteiger partial charge in [-0.25, -0.2) is 9.78 Å². The summed E-state index contributed by atoms with van der Waals surface area (Å²) >= 11 is 0. The zero-order valence-electron chi connectivity index (χ0n) is 17.2. The number of nitrogens with one attached hydrogen (secondary N) is 1. The molecule has 7 heteroatoms. The number of carbonyl (C=O) groups is 1. The first-order valence-corrected chi connectivity index (χ1v) is 9.94. The van der Waals surface area contributed by atoms with Crippen LogP contribution in [0.1, 0.15) is 24.3 Å². The number of esters is 1. The van der Waals surface area contributed by atoms with E-state index in [0.29, 0.717) is 23.0 Å². The van der Waals surface area contributed by atoms with E-state index in [1.165, 1.54) is 0 Å². The fourth-order valence-electron chi connectivity index (χ4n) is 3.89. The highest BCUT2D eigenvalue weighted by Gasteiger charge is 2.36. The normalized spacial score (nSPS) is 15.5. The molecule has 3 heterocycles.